The molecule has 23 heavy (non-hydrogen) atoms. The Kier molecular flexibility index (Phi) is 6.10. The highest BCUT2D eigenvalue weighted by Gasteiger charge is 2.45. The third-order valence-corrected chi connectivity index (χ3v) is 8.45. The van der Waals surface area contributed by atoms with Crippen molar-refractivity contribution in [1.29, 1.82) is 0 Å². The fraction of sp³-hybridized carbons (Fsp3) is 0.600. The molecule has 1 saturated heterocycles. The number of halogens is 1. The van der Waals surface area contributed by atoms with E-state index in [0.717, 1.165) is 19.3 Å². The fourth-order valence-electron chi connectivity index (χ4n) is 2.77. The minimum Gasteiger partial charge on any atom is -0.312 e. The van der Waals surface area contributed by atoms with Crippen LogP contribution in [0, 0.1) is 0 Å². The van der Waals surface area contributed by atoms with Crippen molar-refractivity contribution in [3.05, 3.63) is 29.3 Å². The largest absolute Gasteiger partial charge is 0.312 e. The number of benzene rings is 1. The van der Waals surface area contributed by atoms with Gasteiger partial charge in [0.1, 0.15) is 0 Å². The number of nitrogens with one attached hydrogen (secondary N) is 1. The second kappa shape index (κ2) is 7.51. The average molecular weight is 380 g/mol. The summed E-state index contributed by atoms with van der Waals surface area (Å²) in [6, 6.07) is 5.30. The molecule has 0 aliphatic carbocycles. The van der Waals surface area contributed by atoms with Crippen molar-refractivity contribution < 1.29 is 16.8 Å². The number of rotatable bonds is 7. The minimum absolute atomic E-state index is 0.115. The van der Waals surface area contributed by atoms with Crippen LogP contribution in [0.25, 0.3) is 0 Å². The van der Waals surface area contributed by atoms with Crippen LogP contribution in [0.1, 0.15) is 26.2 Å². The second-order valence-electron chi connectivity index (χ2n) is 5.88. The molecule has 1 heterocycles. The Morgan fingerprint density at radius 3 is 2.43 bits per heavy atom. The highest BCUT2D eigenvalue weighted by molar-refractivity contribution is 7.96. The van der Waals surface area contributed by atoms with Gasteiger partial charge in [-0.2, -0.15) is 0 Å². The molecule has 1 aromatic rings. The fourth-order valence-corrected chi connectivity index (χ4v) is 7.62. The van der Waals surface area contributed by atoms with Crippen molar-refractivity contribution in [2.24, 2.45) is 0 Å². The van der Waals surface area contributed by atoms with Gasteiger partial charge >= 0.3 is 0 Å². The average Bonchev–Trinajstić information content (AvgIpc) is 2.80. The van der Waals surface area contributed by atoms with Crippen molar-refractivity contribution in [2.75, 3.05) is 18.1 Å². The Balaban J connectivity index is 2.21. The molecule has 1 aliphatic rings. The molecule has 0 spiro atoms. The van der Waals surface area contributed by atoms with Gasteiger partial charge in [0, 0.05) is 11.1 Å². The van der Waals surface area contributed by atoms with Crippen molar-refractivity contribution in [2.45, 2.75) is 42.4 Å². The van der Waals surface area contributed by atoms with E-state index in [1.165, 1.54) is 24.3 Å². The summed E-state index contributed by atoms with van der Waals surface area (Å²) < 4.78 is 49.5. The van der Waals surface area contributed by atoms with Crippen LogP contribution in [0.2, 0.25) is 5.02 Å². The van der Waals surface area contributed by atoms with Crippen LogP contribution >= 0.6 is 11.6 Å². The summed E-state index contributed by atoms with van der Waals surface area (Å²) >= 11 is 5.79. The zero-order valence-electron chi connectivity index (χ0n) is 13.0. The summed E-state index contributed by atoms with van der Waals surface area (Å²) in [7, 11) is -7.07. The molecule has 130 valence electrons. The van der Waals surface area contributed by atoms with Gasteiger partial charge in [-0.15, -0.1) is 0 Å². The molecule has 2 atom stereocenters. The molecule has 0 saturated carbocycles. The van der Waals surface area contributed by atoms with Crippen LogP contribution in [0.4, 0.5) is 0 Å². The van der Waals surface area contributed by atoms with E-state index in [4.69, 9.17) is 11.6 Å². The Hall–Kier alpha value is -0.630. The van der Waals surface area contributed by atoms with Gasteiger partial charge < -0.3 is 5.32 Å². The number of hydrogen-bond acceptors (Lipinski definition) is 5. The van der Waals surface area contributed by atoms with E-state index in [0.29, 0.717) is 11.6 Å². The lowest BCUT2D eigenvalue weighted by Gasteiger charge is -2.20. The van der Waals surface area contributed by atoms with Gasteiger partial charge in [-0.1, -0.05) is 31.4 Å². The molecule has 5 nitrogen and oxygen atoms in total. The molecular formula is C15H22ClNO4S2. The monoisotopic (exact) mass is 379 g/mol. The molecule has 1 aliphatic heterocycles. The van der Waals surface area contributed by atoms with E-state index in [1.807, 2.05) is 0 Å². The predicted molar refractivity (Wildman–Crippen MR) is 92.4 cm³/mol. The van der Waals surface area contributed by atoms with Gasteiger partial charge in [-0.3, -0.25) is 0 Å². The standard InChI is InChI=1S/C15H22ClNO4S2/c1-2-3-4-9-17-14-10-22(18,19)11-15(14)23(20,21)13-7-5-12(16)6-8-13/h5-8,14-15,17H,2-4,9-11H2,1H3. The highest BCUT2D eigenvalue weighted by Crippen LogP contribution is 2.26. The number of unbranched alkanes of at least 4 members (excludes halogenated alkanes) is 2. The van der Waals surface area contributed by atoms with Gasteiger partial charge in [0.15, 0.2) is 19.7 Å². The SMILES string of the molecule is CCCCCNC1CS(=O)(=O)CC1S(=O)(=O)c1ccc(Cl)cc1. The summed E-state index contributed by atoms with van der Waals surface area (Å²) in [6.45, 7) is 2.70. The molecule has 0 amide bonds. The molecule has 8 heteroatoms. The topological polar surface area (TPSA) is 80.3 Å². The summed E-state index contributed by atoms with van der Waals surface area (Å²) in [5, 5.41) is 2.62. The molecule has 1 fully saturated rings. The van der Waals surface area contributed by atoms with Gasteiger partial charge in [0.25, 0.3) is 0 Å². The first kappa shape index (κ1) is 18.7. The molecule has 2 rings (SSSR count). The molecule has 0 radical (unpaired) electrons. The van der Waals surface area contributed by atoms with Crippen molar-refractivity contribution in [3.63, 3.8) is 0 Å². The molecule has 2 unspecified atom stereocenters. The van der Waals surface area contributed by atoms with Crippen LogP contribution in [0.15, 0.2) is 29.2 Å². The smallest absolute Gasteiger partial charge is 0.183 e. The minimum atomic E-state index is -3.72. The normalized spacial score (nSPS) is 23.9. The first-order valence-electron chi connectivity index (χ1n) is 7.69. The first-order valence-corrected chi connectivity index (χ1v) is 11.4. The third kappa shape index (κ3) is 4.68. The lowest BCUT2D eigenvalue weighted by atomic mass is 10.2. The van der Waals surface area contributed by atoms with Crippen molar-refractivity contribution in [1.82, 2.24) is 5.32 Å². The zero-order valence-corrected chi connectivity index (χ0v) is 15.4. The molecular weight excluding hydrogens is 358 g/mol. The van der Waals surface area contributed by atoms with Gasteiger partial charge in [0.2, 0.25) is 0 Å². The van der Waals surface area contributed by atoms with E-state index in [-0.39, 0.29) is 16.4 Å². The Bertz CT molecular complexity index is 729. The summed E-state index contributed by atoms with van der Waals surface area (Å²) in [5.41, 5.74) is 0. The Labute approximate surface area is 143 Å². The quantitative estimate of drug-likeness (QED) is 0.733. The maximum atomic E-state index is 12.8. The second-order valence-corrected chi connectivity index (χ2v) is 10.6. The number of hydrogen-bond donors (Lipinski definition) is 1. The van der Waals surface area contributed by atoms with Crippen LogP contribution in [-0.4, -0.2) is 46.2 Å². The Morgan fingerprint density at radius 1 is 1.17 bits per heavy atom. The van der Waals surface area contributed by atoms with Crippen LogP contribution in [-0.2, 0) is 19.7 Å². The number of sulfone groups is 2. The Morgan fingerprint density at radius 2 is 1.83 bits per heavy atom. The van der Waals surface area contributed by atoms with E-state index in [2.05, 4.69) is 12.2 Å². The van der Waals surface area contributed by atoms with E-state index < -0.39 is 31.0 Å². The van der Waals surface area contributed by atoms with E-state index in [9.17, 15) is 16.8 Å². The predicted octanol–water partition coefficient (Wildman–Crippen LogP) is 2.06. The summed E-state index contributed by atoms with van der Waals surface area (Å²) in [6.07, 6.45) is 2.99. The molecule has 0 aromatic heterocycles. The summed E-state index contributed by atoms with van der Waals surface area (Å²) in [4.78, 5) is 0.115. The van der Waals surface area contributed by atoms with Gasteiger partial charge in [-0.25, -0.2) is 16.8 Å². The zero-order chi connectivity index (χ0) is 17.1. The summed E-state index contributed by atoms with van der Waals surface area (Å²) in [5.74, 6) is -0.458. The molecule has 1 aromatic carbocycles. The highest BCUT2D eigenvalue weighted by atomic mass is 35.5. The lowest BCUT2D eigenvalue weighted by Crippen LogP contribution is -2.43. The van der Waals surface area contributed by atoms with Gasteiger partial charge in [-0.05, 0) is 37.2 Å². The van der Waals surface area contributed by atoms with Crippen LogP contribution in [0.5, 0.6) is 0 Å². The first-order chi connectivity index (χ1) is 10.8. The van der Waals surface area contributed by atoms with Crippen LogP contribution in [0.3, 0.4) is 0 Å². The van der Waals surface area contributed by atoms with E-state index in [1.54, 1.807) is 0 Å². The maximum absolute atomic E-state index is 12.8. The molecule has 1 N–H and O–H groups in total. The van der Waals surface area contributed by atoms with Crippen molar-refractivity contribution in [3.8, 4) is 0 Å². The lowest BCUT2D eigenvalue weighted by molar-refractivity contribution is 0.513. The van der Waals surface area contributed by atoms with E-state index >= 15 is 0 Å². The van der Waals surface area contributed by atoms with Crippen molar-refractivity contribution >= 4 is 31.3 Å². The molecule has 0 bridgehead atoms. The van der Waals surface area contributed by atoms with Crippen LogP contribution < -0.4 is 5.32 Å². The third-order valence-electron chi connectivity index (χ3n) is 4.03. The van der Waals surface area contributed by atoms with Gasteiger partial charge in [0.05, 0.1) is 21.7 Å². The maximum Gasteiger partial charge on any atom is 0.183 e.